The molecule has 96 valence electrons. The molecule has 0 bridgehead atoms. The van der Waals surface area contributed by atoms with Gasteiger partial charge >= 0.3 is 0 Å². The molecule has 3 rings (SSSR count). The maximum absolute atomic E-state index is 12.1. The summed E-state index contributed by atoms with van der Waals surface area (Å²) in [7, 11) is -2.80. The molecule has 3 aliphatic rings. The minimum absolute atomic E-state index is 0.0984. The van der Waals surface area contributed by atoms with Gasteiger partial charge in [0.25, 0.3) is 0 Å². The first-order chi connectivity index (χ1) is 7.97. The van der Waals surface area contributed by atoms with E-state index in [0.29, 0.717) is 11.5 Å². The van der Waals surface area contributed by atoms with Crippen LogP contribution in [0.4, 0.5) is 0 Å². The van der Waals surface area contributed by atoms with E-state index in [4.69, 9.17) is 0 Å². The first-order valence-corrected chi connectivity index (χ1v) is 8.65. The molecule has 1 aliphatic heterocycles. The predicted molar refractivity (Wildman–Crippen MR) is 69.6 cm³/mol. The Morgan fingerprint density at radius 2 is 1.71 bits per heavy atom. The summed E-state index contributed by atoms with van der Waals surface area (Å²) in [4.78, 5) is 0. The summed E-state index contributed by atoms with van der Waals surface area (Å²) in [5.74, 6) is 0.926. The van der Waals surface area contributed by atoms with Crippen molar-refractivity contribution in [1.82, 2.24) is 0 Å². The Balaban J connectivity index is 2.10. The molecule has 2 atom stereocenters. The van der Waals surface area contributed by atoms with Crippen molar-refractivity contribution in [1.29, 1.82) is 0 Å². The van der Waals surface area contributed by atoms with E-state index in [2.05, 4.69) is 13.0 Å². The third kappa shape index (κ3) is 1.69. The van der Waals surface area contributed by atoms with Crippen LogP contribution in [-0.4, -0.2) is 19.9 Å². The zero-order valence-corrected chi connectivity index (χ0v) is 11.5. The second-order valence-electron chi connectivity index (χ2n) is 6.58. The molecule has 1 heterocycles. The highest BCUT2D eigenvalue weighted by molar-refractivity contribution is 7.91. The fourth-order valence-electron chi connectivity index (χ4n) is 4.66. The number of rotatable bonds is 0. The van der Waals surface area contributed by atoms with Crippen LogP contribution in [0.2, 0.25) is 0 Å². The van der Waals surface area contributed by atoms with E-state index >= 15 is 0 Å². The minimum Gasteiger partial charge on any atom is -0.229 e. The molecule has 0 aromatic heterocycles. The molecule has 0 amide bonds. The first kappa shape index (κ1) is 11.8. The Labute approximate surface area is 104 Å². The van der Waals surface area contributed by atoms with Gasteiger partial charge in [-0.05, 0) is 43.4 Å². The third-order valence-electron chi connectivity index (χ3n) is 5.39. The smallest absolute Gasteiger partial charge is 0.151 e. The lowest BCUT2D eigenvalue weighted by Crippen LogP contribution is -2.42. The first-order valence-electron chi connectivity index (χ1n) is 6.83. The third-order valence-corrected chi connectivity index (χ3v) is 7.37. The van der Waals surface area contributed by atoms with Crippen molar-refractivity contribution in [2.75, 3.05) is 11.5 Å². The van der Waals surface area contributed by atoms with Crippen molar-refractivity contribution in [2.24, 2.45) is 10.8 Å². The topological polar surface area (TPSA) is 34.1 Å². The van der Waals surface area contributed by atoms with Gasteiger partial charge in [0.1, 0.15) is 0 Å². The van der Waals surface area contributed by atoms with Crippen molar-refractivity contribution in [3.8, 4) is 0 Å². The lowest BCUT2D eigenvalue weighted by molar-refractivity contribution is 0.0741. The second-order valence-corrected chi connectivity index (χ2v) is 8.65. The van der Waals surface area contributed by atoms with E-state index in [1.165, 1.54) is 24.8 Å². The fourth-order valence-corrected chi connectivity index (χ4v) is 7.56. The summed E-state index contributed by atoms with van der Waals surface area (Å²) in [5.41, 5.74) is 1.61. The van der Waals surface area contributed by atoms with Gasteiger partial charge in [0, 0.05) is 0 Å². The van der Waals surface area contributed by atoms with Crippen LogP contribution in [0.1, 0.15) is 51.9 Å². The zero-order valence-electron chi connectivity index (χ0n) is 10.7. The van der Waals surface area contributed by atoms with Gasteiger partial charge in [-0.1, -0.05) is 30.9 Å². The van der Waals surface area contributed by atoms with Gasteiger partial charge in [0.05, 0.1) is 11.5 Å². The monoisotopic (exact) mass is 254 g/mol. The average molecular weight is 254 g/mol. The molecule has 0 aromatic carbocycles. The summed E-state index contributed by atoms with van der Waals surface area (Å²) < 4.78 is 24.3. The van der Waals surface area contributed by atoms with Crippen molar-refractivity contribution in [3.05, 3.63) is 11.6 Å². The molecule has 2 aliphatic carbocycles. The molecule has 0 spiro atoms. The average Bonchev–Trinajstić information content (AvgIpc) is 2.34. The molecule has 1 saturated heterocycles. The molecule has 1 saturated carbocycles. The van der Waals surface area contributed by atoms with Gasteiger partial charge in [-0.2, -0.15) is 0 Å². The van der Waals surface area contributed by atoms with Gasteiger partial charge in [-0.3, -0.25) is 0 Å². The largest absolute Gasteiger partial charge is 0.229 e. The Morgan fingerprint density at radius 3 is 2.47 bits per heavy atom. The Morgan fingerprint density at radius 1 is 1.06 bits per heavy atom. The van der Waals surface area contributed by atoms with Crippen LogP contribution in [0.5, 0.6) is 0 Å². The summed E-state index contributed by atoms with van der Waals surface area (Å²) >= 11 is 0. The maximum Gasteiger partial charge on any atom is 0.151 e. The molecule has 0 N–H and O–H groups in total. The Kier molecular flexibility index (Phi) is 2.49. The highest BCUT2D eigenvalue weighted by atomic mass is 32.2. The van der Waals surface area contributed by atoms with Crippen LogP contribution in [0.15, 0.2) is 11.6 Å². The normalized spacial score (nSPS) is 44.4. The summed E-state index contributed by atoms with van der Waals surface area (Å²) in [6.45, 7) is 2.18. The summed E-state index contributed by atoms with van der Waals surface area (Å²) in [5, 5.41) is 0. The van der Waals surface area contributed by atoms with Crippen molar-refractivity contribution >= 4 is 9.84 Å². The summed E-state index contributed by atoms with van der Waals surface area (Å²) in [6, 6.07) is 0. The number of hydrogen-bond donors (Lipinski definition) is 0. The quantitative estimate of drug-likeness (QED) is 0.623. The van der Waals surface area contributed by atoms with E-state index < -0.39 is 9.84 Å². The standard InChI is InChI=1S/C14H22O2S/c1-12-5-8-13-6-3-2-4-7-14(13,9-12)11-17(15,16)10-13/h5H,2-4,6-11H2,1H3/t13-,14+/m1/s1. The highest BCUT2D eigenvalue weighted by Crippen LogP contribution is 2.62. The lowest BCUT2D eigenvalue weighted by atomic mass is 9.56. The molecular formula is C14H22O2S. The lowest BCUT2D eigenvalue weighted by Gasteiger charge is -2.47. The van der Waals surface area contributed by atoms with Gasteiger partial charge < -0.3 is 0 Å². The number of allylic oxidation sites excluding steroid dienone is 2. The minimum atomic E-state index is -2.80. The number of sulfone groups is 1. The molecule has 0 unspecified atom stereocenters. The van der Waals surface area contributed by atoms with Gasteiger partial charge in [0.2, 0.25) is 0 Å². The van der Waals surface area contributed by atoms with E-state index in [1.807, 2.05) is 0 Å². The second kappa shape index (κ2) is 3.59. The van der Waals surface area contributed by atoms with Crippen molar-refractivity contribution < 1.29 is 8.42 Å². The molecule has 2 fully saturated rings. The van der Waals surface area contributed by atoms with E-state index in [0.717, 1.165) is 25.7 Å². The van der Waals surface area contributed by atoms with Crippen LogP contribution < -0.4 is 0 Å². The SMILES string of the molecule is CC1=CC[C@@]23CCCCC[C@]2(C1)CS(=O)(=O)C3. The fraction of sp³-hybridized carbons (Fsp3) is 0.857. The van der Waals surface area contributed by atoms with Crippen LogP contribution in [-0.2, 0) is 9.84 Å². The molecule has 3 heteroatoms. The Hall–Kier alpha value is -0.310. The maximum atomic E-state index is 12.1. The molecule has 0 aromatic rings. The van der Waals surface area contributed by atoms with Crippen LogP contribution in [0.25, 0.3) is 0 Å². The van der Waals surface area contributed by atoms with Gasteiger partial charge in [-0.15, -0.1) is 0 Å². The zero-order chi connectivity index (χ0) is 12.1. The van der Waals surface area contributed by atoms with Crippen molar-refractivity contribution in [3.63, 3.8) is 0 Å². The molecule has 17 heavy (non-hydrogen) atoms. The van der Waals surface area contributed by atoms with Crippen molar-refractivity contribution in [2.45, 2.75) is 51.9 Å². The van der Waals surface area contributed by atoms with E-state index in [9.17, 15) is 8.42 Å². The highest BCUT2D eigenvalue weighted by Gasteiger charge is 2.60. The van der Waals surface area contributed by atoms with Crippen LogP contribution >= 0.6 is 0 Å². The van der Waals surface area contributed by atoms with Crippen LogP contribution in [0, 0.1) is 10.8 Å². The molecule has 2 nitrogen and oxygen atoms in total. The van der Waals surface area contributed by atoms with E-state index in [-0.39, 0.29) is 10.8 Å². The van der Waals surface area contributed by atoms with E-state index in [1.54, 1.807) is 0 Å². The van der Waals surface area contributed by atoms with Crippen LogP contribution in [0.3, 0.4) is 0 Å². The Bertz CT molecular complexity index is 463. The summed E-state index contributed by atoms with van der Waals surface area (Å²) in [6.07, 6.45) is 10.4. The van der Waals surface area contributed by atoms with Gasteiger partial charge in [-0.25, -0.2) is 8.42 Å². The molecule has 0 radical (unpaired) electrons. The predicted octanol–water partition coefficient (Wildman–Crippen LogP) is 3.09. The number of hydrogen-bond acceptors (Lipinski definition) is 2. The van der Waals surface area contributed by atoms with Gasteiger partial charge in [0.15, 0.2) is 9.84 Å². The molecular weight excluding hydrogens is 232 g/mol.